The monoisotopic (exact) mass is 362 g/mol. The summed E-state index contributed by atoms with van der Waals surface area (Å²) < 4.78 is 0. The Balaban J connectivity index is 1.93. The lowest BCUT2D eigenvalue weighted by molar-refractivity contribution is 0.0594. The molecule has 0 radical (unpaired) electrons. The van der Waals surface area contributed by atoms with Crippen molar-refractivity contribution < 1.29 is 14.7 Å². The topological polar surface area (TPSA) is 60.9 Å². The molecule has 5 heteroatoms. The fraction of sp³-hybridized carbons (Fsp3) is 0.273. The number of amides is 2. The highest BCUT2D eigenvalue weighted by atomic mass is 16.3. The fourth-order valence-corrected chi connectivity index (χ4v) is 3.94. The minimum absolute atomic E-state index is 0.0793. The molecule has 27 heavy (non-hydrogen) atoms. The molecule has 0 unspecified atom stereocenters. The lowest BCUT2D eigenvalue weighted by Crippen LogP contribution is -2.44. The van der Waals surface area contributed by atoms with E-state index in [0.717, 1.165) is 29.2 Å². The molecule has 0 saturated carbocycles. The van der Waals surface area contributed by atoms with Crippen LogP contribution >= 0.6 is 0 Å². The maximum absolute atomic E-state index is 13.3. The van der Waals surface area contributed by atoms with Gasteiger partial charge in [-0.05, 0) is 41.4 Å². The van der Waals surface area contributed by atoms with Crippen LogP contribution in [0.25, 0.3) is 21.5 Å². The highest BCUT2D eigenvalue weighted by Gasteiger charge is 2.36. The van der Waals surface area contributed by atoms with Crippen LogP contribution in [0.1, 0.15) is 34.6 Å². The smallest absolute Gasteiger partial charge is 0.265 e. The average Bonchev–Trinajstić information content (AvgIpc) is 2.68. The summed E-state index contributed by atoms with van der Waals surface area (Å²) in [6, 6.07) is 12.9. The van der Waals surface area contributed by atoms with E-state index in [1.165, 1.54) is 11.0 Å². The van der Waals surface area contributed by atoms with Gasteiger partial charge in [0, 0.05) is 18.5 Å². The van der Waals surface area contributed by atoms with Crippen molar-refractivity contribution in [1.29, 1.82) is 0 Å². The van der Waals surface area contributed by atoms with Crippen molar-refractivity contribution in [3.63, 3.8) is 0 Å². The molecule has 0 bridgehead atoms. The third-order valence-corrected chi connectivity index (χ3v) is 5.46. The van der Waals surface area contributed by atoms with Gasteiger partial charge in [-0.15, -0.1) is 0 Å². The Hall–Kier alpha value is -2.92. The van der Waals surface area contributed by atoms with Crippen LogP contribution in [0.3, 0.4) is 0 Å². The van der Waals surface area contributed by atoms with Crippen molar-refractivity contribution in [3.8, 4) is 5.75 Å². The third kappa shape index (κ3) is 2.66. The molecular weight excluding hydrogens is 340 g/mol. The predicted molar refractivity (Wildman–Crippen MR) is 106 cm³/mol. The first-order valence-corrected chi connectivity index (χ1v) is 9.32. The Kier molecular flexibility index (Phi) is 4.32. The molecule has 138 valence electrons. The molecular formula is C22H22N2O3. The predicted octanol–water partition coefficient (Wildman–Crippen LogP) is 3.64. The number of imide groups is 1. The van der Waals surface area contributed by atoms with Gasteiger partial charge in [0.05, 0.1) is 11.1 Å². The second-order valence-corrected chi connectivity index (χ2v) is 6.82. The summed E-state index contributed by atoms with van der Waals surface area (Å²) in [6.07, 6.45) is 0. The molecule has 0 aliphatic carbocycles. The third-order valence-electron chi connectivity index (χ3n) is 5.46. The number of hydrogen-bond acceptors (Lipinski definition) is 4. The molecule has 0 fully saturated rings. The summed E-state index contributed by atoms with van der Waals surface area (Å²) in [5.41, 5.74) is 0.737. The van der Waals surface area contributed by atoms with E-state index in [4.69, 9.17) is 0 Å². The zero-order chi connectivity index (χ0) is 19.1. The molecule has 5 nitrogen and oxygen atoms in total. The largest absolute Gasteiger partial charge is 0.507 e. The summed E-state index contributed by atoms with van der Waals surface area (Å²) in [7, 11) is 0. The molecule has 0 aromatic heterocycles. The van der Waals surface area contributed by atoms with Gasteiger partial charge in [-0.2, -0.15) is 0 Å². The molecule has 2 amide bonds. The lowest BCUT2D eigenvalue weighted by atomic mass is 9.89. The maximum atomic E-state index is 13.3. The van der Waals surface area contributed by atoms with Crippen LogP contribution in [0.15, 0.2) is 42.5 Å². The number of fused-ring (bicyclic) bond motifs is 2. The van der Waals surface area contributed by atoms with Gasteiger partial charge >= 0.3 is 0 Å². The van der Waals surface area contributed by atoms with Crippen LogP contribution in [-0.4, -0.2) is 52.9 Å². The van der Waals surface area contributed by atoms with Gasteiger partial charge in [0.25, 0.3) is 11.8 Å². The number of phenols is 1. The van der Waals surface area contributed by atoms with Crippen molar-refractivity contribution in [1.82, 2.24) is 9.80 Å². The van der Waals surface area contributed by atoms with Gasteiger partial charge in [-0.1, -0.05) is 44.2 Å². The number of benzene rings is 3. The lowest BCUT2D eigenvalue weighted by Gasteiger charge is -2.30. The molecule has 1 N–H and O–H groups in total. The van der Waals surface area contributed by atoms with Crippen molar-refractivity contribution in [2.24, 2.45) is 0 Å². The summed E-state index contributed by atoms with van der Waals surface area (Å²) >= 11 is 0. The number of likely N-dealkylation sites (N-methyl/N-ethyl adjacent to an activating group) is 1. The number of carbonyl (C=O) groups excluding carboxylic acids is 2. The molecule has 1 aliphatic rings. The van der Waals surface area contributed by atoms with Gasteiger partial charge < -0.3 is 10.0 Å². The second kappa shape index (κ2) is 6.67. The quantitative estimate of drug-likeness (QED) is 0.556. The minimum atomic E-state index is -0.418. The Morgan fingerprint density at radius 1 is 0.926 bits per heavy atom. The SMILES string of the molecule is CCN(CC)CCN1C(=O)c2c(O)ccc3cc4ccccc4c(c23)C1=O. The highest BCUT2D eigenvalue weighted by Crippen LogP contribution is 2.39. The second-order valence-electron chi connectivity index (χ2n) is 6.82. The number of nitrogens with zero attached hydrogens (tertiary/aromatic N) is 2. The Bertz CT molecular complexity index is 1070. The zero-order valence-electron chi connectivity index (χ0n) is 15.5. The van der Waals surface area contributed by atoms with E-state index in [1.54, 1.807) is 6.07 Å². The number of carbonyl (C=O) groups is 2. The summed E-state index contributed by atoms with van der Waals surface area (Å²) in [6.45, 7) is 6.73. The number of aromatic hydroxyl groups is 1. The zero-order valence-corrected chi connectivity index (χ0v) is 15.5. The van der Waals surface area contributed by atoms with Crippen molar-refractivity contribution in [2.75, 3.05) is 26.2 Å². The number of rotatable bonds is 5. The van der Waals surface area contributed by atoms with Gasteiger partial charge in [-0.25, -0.2) is 0 Å². The average molecular weight is 362 g/mol. The van der Waals surface area contributed by atoms with E-state index in [1.807, 2.05) is 30.3 Å². The van der Waals surface area contributed by atoms with Crippen LogP contribution in [-0.2, 0) is 0 Å². The van der Waals surface area contributed by atoms with Crippen LogP contribution in [0.2, 0.25) is 0 Å². The van der Waals surface area contributed by atoms with Crippen molar-refractivity contribution in [2.45, 2.75) is 13.8 Å². The van der Waals surface area contributed by atoms with Gasteiger partial charge in [0.2, 0.25) is 0 Å². The first kappa shape index (κ1) is 17.5. The van der Waals surface area contributed by atoms with Crippen molar-refractivity contribution in [3.05, 3.63) is 53.6 Å². The molecule has 0 saturated heterocycles. The number of phenolic OH excluding ortho intramolecular Hbond substituents is 1. The van der Waals surface area contributed by atoms with Crippen molar-refractivity contribution >= 4 is 33.4 Å². The fourth-order valence-electron chi connectivity index (χ4n) is 3.94. The maximum Gasteiger partial charge on any atom is 0.265 e. The molecule has 3 aromatic carbocycles. The standard InChI is InChI=1S/C22H22N2O3/c1-3-23(4-2)11-12-24-21(26)19-16-8-6-5-7-14(16)13-15-9-10-17(25)20(18(15)19)22(24)27/h5-10,13,25H,3-4,11-12H2,1-2H3. The normalized spacial score (nSPS) is 14.0. The minimum Gasteiger partial charge on any atom is -0.507 e. The molecule has 4 rings (SSSR count). The Labute approximate surface area is 157 Å². The van der Waals surface area contributed by atoms with E-state index in [0.29, 0.717) is 24.0 Å². The van der Waals surface area contributed by atoms with E-state index >= 15 is 0 Å². The molecule has 3 aromatic rings. The Morgan fingerprint density at radius 2 is 1.63 bits per heavy atom. The van der Waals surface area contributed by atoms with Crippen LogP contribution in [0, 0.1) is 0 Å². The molecule has 1 heterocycles. The first-order valence-electron chi connectivity index (χ1n) is 9.32. The molecule has 0 spiro atoms. The number of hydrogen-bond donors (Lipinski definition) is 1. The van der Waals surface area contributed by atoms with Gasteiger partial charge in [0.15, 0.2) is 0 Å². The summed E-state index contributed by atoms with van der Waals surface area (Å²) in [4.78, 5) is 29.9. The Morgan fingerprint density at radius 3 is 2.37 bits per heavy atom. The summed E-state index contributed by atoms with van der Waals surface area (Å²) in [5.74, 6) is -0.783. The van der Waals surface area contributed by atoms with Gasteiger partial charge in [0.1, 0.15) is 5.75 Å². The first-order chi connectivity index (χ1) is 13.1. The molecule has 0 atom stereocenters. The van der Waals surface area contributed by atoms with E-state index in [-0.39, 0.29) is 17.2 Å². The van der Waals surface area contributed by atoms with Crippen LogP contribution in [0.5, 0.6) is 5.75 Å². The molecule has 1 aliphatic heterocycles. The van der Waals surface area contributed by atoms with Gasteiger partial charge in [-0.3, -0.25) is 14.5 Å². The van der Waals surface area contributed by atoms with E-state index < -0.39 is 5.91 Å². The highest BCUT2D eigenvalue weighted by molar-refractivity contribution is 6.31. The summed E-state index contributed by atoms with van der Waals surface area (Å²) in [5, 5.41) is 13.5. The van der Waals surface area contributed by atoms with Crippen LogP contribution < -0.4 is 0 Å². The van der Waals surface area contributed by atoms with E-state index in [2.05, 4.69) is 18.7 Å². The van der Waals surface area contributed by atoms with Crippen LogP contribution in [0.4, 0.5) is 0 Å². The van der Waals surface area contributed by atoms with E-state index in [9.17, 15) is 14.7 Å².